The van der Waals surface area contributed by atoms with Gasteiger partial charge in [-0.25, -0.2) is 9.67 Å². The highest BCUT2D eigenvalue weighted by molar-refractivity contribution is 9.10. The monoisotopic (exact) mass is 518 g/mol. The predicted octanol–water partition coefficient (Wildman–Crippen LogP) is 4.02. The summed E-state index contributed by atoms with van der Waals surface area (Å²) in [5, 5.41) is 22.2. The van der Waals surface area contributed by atoms with Gasteiger partial charge in [0.15, 0.2) is 5.65 Å². The first-order valence-corrected chi connectivity index (χ1v) is 11.8. The van der Waals surface area contributed by atoms with Gasteiger partial charge in [-0.2, -0.15) is 15.3 Å². The summed E-state index contributed by atoms with van der Waals surface area (Å²) in [4.78, 5) is 25.9. The number of carbonyl (C=O) groups excluding carboxylic acids is 1. The summed E-state index contributed by atoms with van der Waals surface area (Å²) in [5.41, 5.74) is 3.10. The van der Waals surface area contributed by atoms with Gasteiger partial charge in [-0.1, -0.05) is 6.92 Å². The smallest absolute Gasteiger partial charge is 0.225 e. The van der Waals surface area contributed by atoms with Crippen LogP contribution in [0.2, 0.25) is 0 Å². The summed E-state index contributed by atoms with van der Waals surface area (Å²) in [5.74, 6) is 0.538. The van der Waals surface area contributed by atoms with E-state index < -0.39 is 5.41 Å². The third kappa shape index (κ3) is 3.66. The SMILES string of the molecule is CNC(=O)C1(C)CC[C@@H](Nc2ncc3c(Br)nn(-c4cc(C#N)c5nccc(C)c5c4)c3n2)C1. The van der Waals surface area contributed by atoms with Crippen LogP contribution in [-0.2, 0) is 4.79 Å². The number of nitrogens with zero attached hydrogens (tertiary/aromatic N) is 6. The van der Waals surface area contributed by atoms with Gasteiger partial charge in [0.05, 0.1) is 22.2 Å². The van der Waals surface area contributed by atoms with Crippen molar-refractivity contribution in [3.05, 3.63) is 46.3 Å². The number of anilines is 1. The Bertz CT molecular complexity index is 1490. The third-order valence-electron chi connectivity index (χ3n) is 6.64. The highest BCUT2D eigenvalue weighted by Gasteiger charge is 2.41. The van der Waals surface area contributed by atoms with E-state index in [9.17, 15) is 10.1 Å². The number of halogens is 1. The quantitative estimate of drug-likeness (QED) is 0.418. The van der Waals surface area contributed by atoms with Crippen LogP contribution in [0.5, 0.6) is 0 Å². The molecule has 9 nitrogen and oxygen atoms in total. The average molecular weight is 519 g/mol. The minimum atomic E-state index is -0.397. The van der Waals surface area contributed by atoms with Crippen LogP contribution in [0.15, 0.2) is 35.2 Å². The second-order valence-electron chi connectivity index (χ2n) is 8.99. The largest absolute Gasteiger partial charge is 0.359 e. The predicted molar refractivity (Wildman–Crippen MR) is 133 cm³/mol. The van der Waals surface area contributed by atoms with E-state index in [2.05, 4.69) is 47.7 Å². The second kappa shape index (κ2) is 8.33. The maximum atomic E-state index is 12.3. The van der Waals surface area contributed by atoms with Crippen molar-refractivity contribution in [3.63, 3.8) is 0 Å². The van der Waals surface area contributed by atoms with E-state index in [-0.39, 0.29) is 11.9 Å². The number of aryl methyl sites for hydroxylation is 1. The molecule has 3 heterocycles. The highest BCUT2D eigenvalue weighted by atomic mass is 79.9. The molecule has 0 spiro atoms. The Morgan fingerprint density at radius 1 is 1.32 bits per heavy atom. The number of fused-ring (bicyclic) bond motifs is 2. The van der Waals surface area contributed by atoms with E-state index in [1.165, 1.54) is 0 Å². The zero-order chi connectivity index (χ0) is 24.0. The van der Waals surface area contributed by atoms with Gasteiger partial charge in [-0.3, -0.25) is 9.78 Å². The molecule has 2 N–H and O–H groups in total. The zero-order valence-electron chi connectivity index (χ0n) is 19.1. The molecule has 10 heteroatoms. The van der Waals surface area contributed by atoms with Gasteiger partial charge in [-0.15, -0.1) is 0 Å². The van der Waals surface area contributed by atoms with Gasteiger partial charge >= 0.3 is 0 Å². The van der Waals surface area contributed by atoms with Crippen molar-refractivity contribution in [2.24, 2.45) is 5.41 Å². The first-order chi connectivity index (χ1) is 16.3. The summed E-state index contributed by atoms with van der Waals surface area (Å²) in [6.45, 7) is 3.98. The Labute approximate surface area is 204 Å². The number of rotatable bonds is 4. The maximum absolute atomic E-state index is 12.3. The molecule has 2 atom stereocenters. The van der Waals surface area contributed by atoms with E-state index in [0.29, 0.717) is 39.4 Å². The molecule has 0 radical (unpaired) electrons. The Balaban J connectivity index is 1.54. The Morgan fingerprint density at radius 2 is 2.15 bits per heavy atom. The lowest BCUT2D eigenvalue weighted by atomic mass is 9.87. The van der Waals surface area contributed by atoms with Crippen LogP contribution >= 0.6 is 15.9 Å². The molecular formula is C24H23BrN8O. The summed E-state index contributed by atoms with van der Waals surface area (Å²) >= 11 is 3.51. The molecule has 34 heavy (non-hydrogen) atoms. The van der Waals surface area contributed by atoms with E-state index in [0.717, 1.165) is 29.2 Å². The molecule has 1 unspecified atom stereocenters. The minimum Gasteiger partial charge on any atom is -0.359 e. The van der Waals surface area contributed by atoms with Crippen LogP contribution < -0.4 is 10.6 Å². The van der Waals surface area contributed by atoms with Crippen molar-refractivity contribution in [1.29, 1.82) is 5.26 Å². The maximum Gasteiger partial charge on any atom is 0.225 e. The molecule has 0 bridgehead atoms. The number of nitrogens with one attached hydrogen (secondary N) is 2. The van der Waals surface area contributed by atoms with Gasteiger partial charge in [0.2, 0.25) is 11.9 Å². The second-order valence-corrected chi connectivity index (χ2v) is 9.74. The van der Waals surface area contributed by atoms with Gasteiger partial charge in [-0.05, 0) is 65.9 Å². The van der Waals surface area contributed by atoms with Gasteiger partial charge in [0.1, 0.15) is 10.7 Å². The standard InChI is InChI=1S/C24H23BrN8O/c1-13-5-7-28-19-14(11-26)8-16(9-17(13)19)33-21-18(20(25)32-33)12-29-23(31-21)30-15-4-6-24(2,10-15)22(34)27-3/h5,7-9,12,15H,4,6,10H2,1-3H3,(H,27,34)(H,29,30,31)/t15-,24?/m1/s1. The van der Waals surface area contributed by atoms with Crippen LogP contribution in [0.25, 0.3) is 27.6 Å². The van der Waals surface area contributed by atoms with Crippen molar-refractivity contribution in [1.82, 2.24) is 30.0 Å². The molecule has 0 aliphatic heterocycles. The molecule has 3 aromatic heterocycles. The number of hydrogen-bond donors (Lipinski definition) is 2. The number of amides is 1. The third-order valence-corrected chi connectivity index (χ3v) is 7.23. The number of pyridine rings is 1. The Hall–Kier alpha value is -3.58. The van der Waals surface area contributed by atoms with Crippen LogP contribution in [0.3, 0.4) is 0 Å². The fourth-order valence-electron chi connectivity index (χ4n) is 4.75. The average Bonchev–Trinajstić information content (AvgIpc) is 3.38. The number of aromatic nitrogens is 5. The van der Waals surface area contributed by atoms with Gasteiger partial charge in [0, 0.05) is 36.3 Å². The lowest BCUT2D eigenvalue weighted by molar-refractivity contribution is -0.129. The van der Waals surface area contributed by atoms with E-state index in [1.54, 1.807) is 30.2 Å². The molecule has 5 rings (SSSR count). The van der Waals surface area contributed by atoms with Crippen molar-refractivity contribution in [2.75, 3.05) is 12.4 Å². The van der Waals surface area contributed by atoms with Crippen LogP contribution in [0.1, 0.15) is 37.3 Å². The number of carbonyl (C=O) groups is 1. The molecular weight excluding hydrogens is 496 g/mol. The van der Waals surface area contributed by atoms with Crippen molar-refractivity contribution in [2.45, 2.75) is 39.2 Å². The van der Waals surface area contributed by atoms with Crippen LogP contribution in [0.4, 0.5) is 5.95 Å². The van der Waals surface area contributed by atoms with Crippen LogP contribution in [-0.4, -0.2) is 43.7 Å². The Morgan fingerprint density at radius 3 is 2.91 bits per heavy atom. The number of hydrogen-bond acceptors (Lipinski definition) is 7. The fraction of sp³-hybridized carbons (Fsp3) is 0.333. The van der Waals surface area contributed by atoms with Gasteiger partial charge < -0.3 is 10.6 Å². The van der Waals surface area contributed by atoms with Crippen LogP contribution in [0, 0.1) is 23.7 Å². The zero-order valence-corrected chi connectivity index (χ0v) is 20.6. The first-order valence-electron chi connectivity index (χ1n) is 11.0. The number of benzene rings is 1. The van der Waals surface area contributed by atoms with Gasteiger partial charge in [0.25, 0.3) is 0 Å². The molecule has 1 saturated carbocycles. The van der Waals surface area contributed by atoms with E-state index in [1.807, 2.05) is 26.0 Å². The molecule has 1 aromatic carbocycles. The number of nitriles is 1. The molecule has 0 saturated heterocycles. The molecule has 1 amide bonds. The minimum absolute atomic E-state index is 0.0598. The first kappa shape index (κ1) is 22.2. The fourth-order valence-corrected chi connectivity index (χ4v) is 5.19. The van der Waals surface area contributed by atoms with Crippen molar-refractivity contribution in [3.8, 4) is 11.8 Å². The lowest BCUT2D eigenvalue weighted by Crippen LogP contribution is -2.35. The van der Waals surface area contributed by atoms with E-state index >= 15 is 0 Å². The molecule has 1 fully saturated rings. The molecule has 4 aromatic rings. The summed E-state index contributed by atoms with van der Waals surface area (Å²) in [6, 6.07) is 8.01. The summed E-state index contributed by atoms with van der Waals surface area (Å²) in [7, 11) is 1.67. The highest BCUT2D eigenvalue weighted by Crippen LogP contribution is 2.39. The summed E-state index contributed by atoms with van der Waals surface area (Å²) in [6.07, 6.45) is 5.80. The lowest BCUT2D eigenvalue weighted by Gasteiger charge is -2.22. The molecule has 172 valence electrons. The Kier molecular flexibility index (Phi) is 5.44. The molecule has 1 aliphatic rings. The summed E-state index contributed by atoms with van der Waals surface area (Å²) < 4.78 is 2.33. The van der Waals surface area contributed by atoms with Crippen molar-refractivity contribution < 1.29 is 4.79 Å². The topological polar surface area (TPSA) is 121 Å². The normalized spacial score (nSPS) is 19.9. The van der Waals surface area contributed by atoms with E-state index in [4.69, 9.17) is 4.98 Å². The van der Waals surface area contributed by atoms with Crippen molar-refractivity contribution >= 4 is 49.7 Å². The molecule has 1 aliphatic carbocycles.